The van der Waals surface area contributed by atoms with Crippen LogP contribution in [0.15, 0.2) is 60.7 Å². The summed E-state index contributed by atoms with van der Waals surface area (Å²) in [5.41, 5.74) is 2.91. The molecule has 0 fully saturated rings. The van der Waals surface area contributed by atoms with Crippen LogP contribution in [0.2, 0.25) is 0 Å². The maximum Gasteiger partial charge on any atom is 0.796 e. The van der Waals surface area contributed by atoms with Crippen molar-refractivity contribution >= 4 is 35.9 Å². The summed E-state index contributed by atoms with van der Waals surface area (Å²) in [6.45, 7) is 0. The highest BCUT2D eigenvalue weighted by Gasteiger charge is 2.20. The summed E-state index contributed by atoms with van der Waals surface area (Å²) < 4.78 is 30.4. The molecule has 0 N–H and O–H groups in total. The van der Waals surface area contributed by atoms with Gasteiger partial charge < -0.3 is 9.55 Å². The van der Waals surface area contributed by atoms with E-state index in [-0.39, 0.29) is 5.76 Å². The van der Waals surface area contributed by atoms with E-state index in [1.807, 2.05) is 61.5 Å². The number of halogens is 2. The van der Waals surface area contributed by atoms with Gasteiger partial charge in [0.25, 0.3) is 0 Å². The molecule has 3 rings (SSSR count). The van der Waals surface area contributed by atoms with Crippen LogP contribution in [0.1, 0.15) is 11.3 Å². The number of para-hydroxylation sites is 1. The van der Waals surface area contributed by atoms with Crippen molar-refractivity contribution in [3.8, 4) is 0 Å². The molecule has 3 aromatic rings. The number of anilines is 1. The first-order chi connectivity index (χ1) is 12.0. The normalized spacial score (nSPS) is 11.4. The van der Waals surface area contributed by atoms with Crippen LogP contribution in [-0.4, -0.2) is 26.5 Å². The van der Waals surface area contributed by atoms with E-state index >= 15 is 0 Å². The first-order valence-electron chi connectivity index (χ1n) is 7.83. The molecule has 0 unspecified atom stereocenters. The summed E-state index contributed by atoms with van der Waals surface area (Å²) in [4.78, 5) is 6.42. The molecule has 6 heteroatoms. The monoisotopic (exact) mass is 338 g/mol. The Morgan fingerprint density at radius 2 is 1.72 bits per heavy atom. The molecular weight excluding hydrogens is 321 g/mol. The Labute approximate surface area is 145 Å². The van der Waals surface area contributed by atoms with Crippen LogP contribution in [-0.2, 0) is 4.65 Å². The minimum absolute atomic E-state index is 0.0862. The second-order valence-electron chi connectivity index (χ2n) is 5.76. The first kappa shape index (κ1) is 17.0. The number of nitrogens with zero attached hydrogens (tertiary/aromatic N) is 2. The lowest BCUT2D eigenvalue weighted by Gasteiger charge is -2.14. The van der Waals surface area contributed by atoms with E-state index in [2.05, 4.69) is 4.98 Å². The quantitative estimate of drug-likeness (QED) is 0.496. The SMILES string of the molecule is CN(C)c1ccc(/C(=C\c2ccc3ccccc3n2)OB(F)F)cc1. The number of pyridine rings is 1. The Morgan fingerprint density at radius 3 is 2.40 bits per heavy atom. The molecule has 0 aliphatic carbocycles. The minimum Gasteiger partial charge on any atom is -0.505 e. The van der Waals surface area contributed by atoms with E-state index in [4.69, 9.17) is 4.65 Å². The van der Waals surface area contributed by atoms with Crippen molar-refractivity contribution in [3.05, 3.63) is 71.9 Å². The molecule has 0 bridgehead atoms. The van der Waals surface area contributed by atoms with Gasteiger partial charge in [-0.1, -0.05) is 24.3 Å². The summed E-state index contributed by atoms with van der Waals surface area (Å²) in [5.74, 6) is 0.0862. The van der Waals surface area contributed by atoms with Gasteiger partial charge in [-0.05, 0) is 36.4 Å². The highest BCUT2D eigenvalue weighted by atomic mass is 19.2. The topological polar surface area (TPSA) is 25.4 Å². The Morgan fingerprint density at radius 1 is 1.00 bits per heavy atom. The van der Waals surface area contributed by atoms with Gasteiger partial charge in [-0.25, -0.2) is 13.6 Å². The van der Waals surface area contributed by atoms with Crippen LogP contribution in [0.25, 0.3) is 22.7 Å². The fraction of sp³-hybridized carbons (Fsp3) is 0.105. The van der Waals surface area contributed by atoms with Gasteiger partial charge in [0.1, 0.15) is 5.76 Å². The molecule has 0 saturated carbocycles. The number of hydrogen-bond donors (Lipinski definition) is 0. The van der Waals surface area contributed by atoms with Crippen molar-refractivity contribution < 1.29 is 13.3 Å². The fourth-order valence-corrected chi connectivity index (χ4v) is 2.50. The predicted octanol–water partition coefficient (Wildman–Crippen LogP) is 4.74. The summed E-state index contributed by atoms with van der Waals surface area (Å²) in [6.07, 6.45) is 1.53. The first-order valence-corrected chi connectivity index (χ1v) is 7.83. The molecule has 0 aliphatic rings. The number of aromatic nitrogens is 1. The maximum atomic E-state index is 12.8. The molecule has 0 aliphatic heterocycles. The van der Waals surface area contributed by atoms with Crippen molar-refractivity contribution in [1.82, 2.24) is 4.98 Å². The van der Waals surface area contributed by atoms with Gasteiger partial charge in [0.05, 0.1) is 11.2 Å². The third-order valence-corrected chi connectivity index (χ3v) is 3.78. The predicted molar refractivity (Wildman–Crippen MR) is 99.4 cm³/mol. The average Bonchev–Trinajstić information content (AvgIpc) is 2.61. The van der Waals surface area contributed by atoms with Gasteiger partial charge >= 0.3 is 7.47 Å². The molecule has 0 atom stereocenters. The molecule has 126 valence electrons. The van der Waals surface area contributed by atoms with E-state index in [0.29, 0.717) is 11.3 Å². The standard InChI is InChI=1S/C19H17BF2N2O/c1-24(2)17-11-8-15(9-12-17)19(25-20(21)22)13-16-10-7-14-5-3-4-6-18(14)23-16/h3-13H,1-2H3/b19-13+. The summed E-state index contributed by atoms with van der Waals surface area (Å²) in [6, 6.07) is 18.6. The number of rotatable bonds is 5. The fourth-order valence-electron chi connectivity index (χ4n) is 2.50. The van der Waals surface area contributed by atoms with E-state index in [1.54, 1.807) is 18.2 Å². The number of benzene rings is 2. The lowest BCUT2D eigenvalue weighted by Crippen LogP contribution is -2.08. The molecule has 25 heavy (non-hydrogen) atoms. The largest absolute Gasteiger partial charge is 0.796 e. The minimum atomic E-state index is -2.90. The lowest BCUT2D eigenvalue weighted by molar-refractivity contribution is 0.398. The Bertz CT molecular complexity index is 895. The number of hydrogen-bond acceptors (Lipinski definition) is 3. The van der Waals surface area contributed by atoms with Gasteiger partial charge in [-0.2, -0.15) is 0 Å². The van der Waals surface area contributed by atoms with Crippen LogP contribution in [0.3, 0.4) is 0 Å². The number of fused-ring (bicyclic) bond motifs is 1. The lowest BCUT2D eigenvalue weighted by atomic mass is 10.1. The smallest absolute Gasteiger partial charge is 0.505 e. The van der Waals surface area contributed by atoms with E-state index < -0.39 is 7.47 Å². The second kappa shape index (κ2) is 7.34. The van der Waals surface area contributed by atoms with Crippen LogP contribution < -0.4 is 4.90 Å². The van der Waals surface area contributed by atoms with Crippen LogP contribution in [0, 0.1) is 0 Å². The molecule has 1 aromatic heterocycles. The zero-order valence-electron chi connectivity index (χ0n) is 14.0. The maximum absolute atomic E-state index is 12.8. The van der Waals surface area contributed by atoms with Gasteiger partial charge in [-0.3, -0.25) is 0 Å². The molecular formula is C19H17BF2N2O. The third-order valence-electron chi connectivity index (χ3n) is 3.78. The molecule has 0 spiro atoms. The van der Waals surface area contributed by atoms with Crippen molar-refractivity contribution in [2.45, 2.75) is 0 Å². The van der Waals surface area contributed by atoms with Gasteiger partial charge in [-0.15, -0.1) is 0 Å². The Kier molecular flexibility index (Phi) is 4.98. The van der Waals surface area contributed by atoms with Gasteiger partial charge in [0, 0.05) is 36.8 Å². The molecule has 0 saturated heterocycles. The Hall–Kier alpha value is -2.89. The average molecular weight is 338 g/mol. The van der Waals surface area contributed by atoms with Gasteiger partial charge in [0.2, 0.25) is 0 Å². The molecule has 1 heterocycles. The van der Waals surface area contributed by atoms with Crippen molar-refractivity contribution in [1.29, 1.82) is 0 Å². The second-order valence-corrected chi connectivity index (χ2v) is 5.76. The van der Waals surface area contributed by atoms with Crippen molar-refractivity contribution in [3.63, 3.8) is 0 Å². The van der Waals surface area contributed by atoms with Crippen LogP contribution in [0.5, 0.6) is 0 Å². The van der Waals surface area contributed by atoms with Gasteiger partial charge in [0.15, 0.2) is 0 Å². The van der Waals surface area contributed by atoms with E-state index in [0.717, 1.165) is 16.6 Å². The van der Waals surface area contributed by atoms with Crippen molar-refractivity contribution in [2.75, 3.05) is 19.0 Å². The van der Waals surface area contributed by atoms with E-state index in [1.165, 1.54) is 6.08 Å². The third kappa shape index (κ3) is 4.15. The highest BCUT2D eigenvalue weighted by Crippen LogP contribution is 2.24. The summed E-state index contributed by atoms with van der Waals surface area (Å²) >= 11 is 0. The Balaban J connectivity index is 1.99. The zero-order valence-corrected chi connectivity index (χ0v) is 14.0. The molecule has 2 aromatic carbocycles. The molecule has 3 nitrogen and oxygen atoms in total. The van der Waals surface area contributed by atoms with Crippen LogP contribution in [0.4, 0.5) is 14.3 Å². The highest BCUT2D eigenvalue weighted by molar-refractivity contribution is 6.36. The van der Waals surface area contributed by atoms with Crippen LogP contribution >= 0.6 is 0 Å². The summed E-state index contributed by atoms with van der Waals surface area (Å²) in [7, 11) is 0.932. The molecule has 0 radical (unpaired) electrons. The molecule has 0 amide bonds. The summed E-state index contributed by atoms with van der Waals surface area (Å²) in [5, 5.41) is 0.992. The zero-order chi connectivity index (χ0) is 17.8. The van der Waals surface area contributed by atoms with E-state index in [9.17, 15) is 8.63 Å². The van der Waals surface area contributed by atoms with Crippen molar-refractivity contribution in [2.24, 2.45) is 0 Å².